The van der Waals surface area contributed by atoms with Gasteiger partial charge in [-0.25, -0.2) is 8.42 Å². The van der Waals surface area contributed by atoms with Crippen LogP contribution < -0.4 is 5.32 Å². The fraction of sp³-hybridized carbons (Fsp3) is 0.417. The number of hydrogen-bond acceptors (Lipinski definition) is 3. The molecule has 0 aromatic heterocycles. The summed E-state index contributed by atoms with van der Waals surface area (Å²) < 4.78 is 26.7. The largest absolute Gasteiger partial charge is 0.358 e. The van der Waals surface area contributed by atoms with E-state index in [9.17, 15) is 13.2 Å². The second-order valence-corrected chi connectivity index (χ2v) is 7.29. The predicted molar refractivity (Wildman–Crippen MR) is 82.3 cm³/mol. The molecule has 0 radical (unpaired) electrons. The lowest BCUT2D eigenvalue weighted by molar-refractivity contribution is -0.120. The zero-order valence-corrected chi connectivity index (χ0v) is 14.3. The summed E-state index contributed by atoms with van der Waals surface area (Å²) in [6, 6.07) is 4.36. The summed E-state index contributed by atoms with van der Waals surface area (Å²) in [4.78, 5) is 11.6. The van der Waals surface area contributed by atoms with E-state index < -0.39 is 10.0 Å². The molecule has 1 rings (SSSR count). The average Bonchev–Trinajstić information content (AvgIpc) is 2.40. The number of nitrogens with one attached hydrogen (secondary N) is 1. The molecule has 1 aromatic rings. The lowest BCUT2D eigenvalue weighted by Crippen LogP contribution is -2.40. The van der Waals surface area contributed by atoms with Gasteiger partial charge in [0.15, 0.2) is 0 Å². The van der Waals surface area contributed by atoms with E-state index in [0.29, 0.717) is 15.9 Å². The van der Waals surface area contributed by atoms with Crippen LogP contribution >= 0.6 is 27.5 Å². The zero-order chi connectivity index (χ0) is 15.3. The van der Waals surface area contributed by atoms with Gasteiger partial charge in [-0.3, -0.25) is 4.79 Å². The Morgan fingerprint density at radius 1 is 1.45 bits per heavy atom. The Kier molecular flexibility index (Phi) is 6.44. The van der Waals surface area contributed by atoms with Gasteiger partial charge in [-0.1, -0.05) is 18.5 Å². The first kappa shape index (κ1) is 17.4. The number of carbonyl (C=O) groups is 1. The van der Waals surface area contributed by atoms with Crippen LogP contribution in [-0.2, 0) is 14.8 Å². The lowest BCUT2D eigenvalue weighted by Gasteiger charge is -2.21. The van der Waals surface area contributed by atoms with Crippen LogP contribution in [0.3, 0.4) is 0 Å². The van der Waals surface area contributed by atoms with Crippen molar-refractivity contribution in [3.63, 3.8) is 0 Å². The van der Waals surface area contributed by atoms with Gasteiger partial charge in [0.25, 0.3) is 0 Å². The van der Waals surface area contributed by atoms with E-state index in [1.54, 1.807) is 0 Å². The fourth-order valence-corrected chi connectivity index (χ4v) is 3.72. The van der Waals surface area contributed by atoms with Crippen LogP contribution in [0.5, 0.6) is 0 Å². The molecule has 0 aliphatic carbocycles. The number of halogens is 2. The van der Waals surface area contributed by atoms with E-state index in [0.717, 1.165) is 4.31 Å². The van der Waals surface area contributed by atoms with Crippen molar-refractivity contribution in [1.82, 2.24) is 9.62 Å². The molecule has 0 aliphatic rings. The highest BCUT2D eigenvalue weighted by Gasteiger charge is 2.26. The number of benzene rings is 1. The first-order valence-corrected chi connectivity index (χ1v) is 8.59. The highest BCUT2D eigenvalue weighted by molar-refractivity contribution is 9.10. The van der Waals surface area contributed by atoms with Gasteiger partial charge in [0.05, 0.1) is 16.5 Å². The highest BCUT2D eigenvalue weighted by atomic mass is 79.9. The number of hydrogen-bond donors (Lipinski definition) is 1. The molecule has 5 nitrogen and oxygen atoms in total. The van der Waals surface area contributed by atoms with Crippen molar-refractivity contribution in [3.8, 4) is 0 Å². The molecule has 1 aromatic carbocycles. The molecule has 0 spiro atoms. The number of nitrogens with zero attached hydrogens (tertiary/aromatic N) is 1. The molecule has 112 valence electrons. The molecule has 0 heterocycles. The Hall–Kier alpha value is -0.630. The SMILES string of the molecule is CCCN(CC(=O)NC)S(=O)(=O)c1ccc(Cl)c(Br)c1. The van der Waals surface area contributed by atoms with Crippen molar-refractivity contribution in [2.24, 2.45) is 0 Å². The van der Waals surface area contributed by atoms with Gasteiger partial charge < -0.3 is 5.32 Å². The third-order valence-corrected chi connectivity index (χ3v) is 5.66. The molecule has 0 unspecified atom stereocenters. The van der Waals surface area contributed by atoms with E-state index in [-0.39, 0.29) is 23.9 Å². The smallest absolute Gasteiger partial charge is 0.243 e. The molecule has 1 N–H and O–H groups in total. The number of rotatable bonds is 6. The van der Waals surface area contributed by atoms with E-state index in [2.05, 4.69) is 21.2 Å². The maximum Gasteiger partial charge on any atom is 0.243 e. The van der Waals surface area contributed by atoms with Crippen molar-refractivity contribution in [3.05, 3.63) is 27.7 Å². The predicted octanol–water partition coefficient (Wildman–Crippen LogP) is 2.25. The van der Waals surface area contributed by atoms with Crippen LogP contribution in [0.1, 0.15) is 13.3 Å². The molecule has 8 heteroatoms. The van der Waals surface area contributed by atoms with E-state index in [1.807, 2.05) is 6.92 Å². The summed E-state index contributed by atoms with van der Waals surface area (Å²) >= 11 is 9.06. The summed E-state index contributed by atoms with van der Waals surface area (Å²) in [5.41, 5.74) is 0. The minimum absolute atomic E-state index is 0.103. The molecular formula is C12H16BrClN2O3S. The summed E-state index contributed by atoms with van der Waals surface area (Å²) in [6.45, 7) is 1.92. The maximum absolute atomic E-state index is 12.5. The Morgan fingerprint density at radius 2 is 2.10 bits per heavy atom. The third-order valence-electron chi connectivity index (χ3n) is 2.60. The molecule has 0 bridgehead atoms. The first-order chi connectivity index (χ1) is 9.32. The fourth-order valence-electron chi connectivity index (χ4n) is 1.56. The molecule has 0 fully saturated rings. The minimum atomic E-state index is -3.72. The minimum Gasteiger partial charge on any atom is -0.358 e. The Bertz CT molecular complexity index is 592. The zero-order valence-electron chi connectivity index (χ0n) is 11.2. The van der Waals surface area contributed by atoms with E-state index >= 15 is 0 Å². The quantitative estimate of drug-likeness (QED) is 0.819. The summed E-state index contributed by atoms with van der Waals surface area (Å²) in [7, 11) is -2.25. The van der Waals surface area contributed by atoms with Crippen molar-refractivity contribution < 1.29 is 13.2 Å². The highest BCUT2D eigenvalue weighted by Crippen LogP contribution is 2.27. The van der Waals surface area contributed by atoms with Gasteiger partial charge in [0.2, 0.25) is 15.9 Å². The van der Waals surface area contributed by atoms with E-state index in [4.69, 9.17) is 11.6 Å². The van der Waals surface area contributed by atoms with Crippen LogP contribution in [0.15, 0.2) is 27.6 Å². The number of carbonyl (C=O) groups excluding carboxylic acids is 1. The van der Waals surface area contributed by atoms with Crippen molar-refractivity contribution in [1.29, 1.82) is 0 Å². The Labute approximate surface area is 132 Å². The monoisotopic (exact) mass is 382 g/mol. The molecule has 1 amide bonds. The topological polar surface area (TPSA) is 66.5 Å². The summed E-state index contributed by atoms with van der Waals surface area (Å²) in [5.74, 6) is -0.352. The molecule has 0 saturated carbocycles. The summed E-state index contributed by atoms with van der Waals surface area (Å²) in [6.07, 6.45) is 0.616. The van der Waals surface area contributed by atoms with Gasteiger partial charge in [0, 0.05) is 18.1 Å². The number of amides is 1. The maximum atomic E-state index is 12.5. The molecule has 0 saturated heterocycles. The van der Waals surface area contributed by atoms with E-state index in [1.165, 1.54) is 25.2 Å². The molecule has 20 heavy (non-hydrogen) atoms. The van der Waals surface area contributed by atoms with Crippen LogP contribution in [0.4, 0.5) is 0 Å². The summed E-state index contributed by atoms with van der Waals surface area (Å²) in [5, 5.41) is 2.85. The molecule has 0 aliphatic heterocycles. The van der Waals surface area contributed by atoms with Gasteiger partial charge >= 0.3 is 0 Å². The standard InChI is InChI=1S/C12H16BrClN2O3S/c1-3-6-16(8-12(17)15-2)20(18,19)9-4-5-11(14)10(13)7-9/h4-5,7H,3,6,8H2,1-2H3,(H,15,17). The van der Waals surface area contributed by atoms with Crippen LogP contribution in [-0.4, -0.2) is 38.8 Å². The molecular weight excluding hydrogens is 368 g/mol. The number of sulfonamides is 1. The molecule has 0 atom stereocenters. The average molecular weight is 384 g/mol. The van der Waals surface area contributed by atoms with Crippen molar-refractivity contribution in [2.45, 2.75) is 18.2 Å². The second-order valence-electron chi connectivity index (χ2n) is 4.09. The number of likely N-dealkylation sites (N-methyl/N-ethyl adjacent to an activating group) is 1. The Morgan fingerprint density at radius 3 is 2.60 bits per heavy atom. The van der Waals surface area contributed by atoms with Crippen LogP contribution in [0, 0.1) is 0 Å². The van der Waals surface area contributed by atoms with Crippen molar-refractivity contribution >= 4 is 43.5 Å². The third kappa shape index (κ3) is 4.18. The van der Waals surface area contributed by atoms with Crippen LogP contribution in [0.2, 0.25) is 5.02 Å². The van der Waals surface area contributed by atoms with Gasteiger partial charge in [0.1, 0.15) is 0 Å². The normalized spacial score (nSPS) is 11.7. The van der Waals surface area contributed by atoms with Gasteiger partial charge in [-0.05, 0) is 40.5 Å². The van der Waals surface area contributed by atoms with Crippen molar-refractivity contribution in [2.75, 3.05) is 20.1 Å². The Balaban J connectivity index is 3.14. The second kappa shape index (κ2) is 7.40. The van der Waals surface area contributed by atoms with Gasteiger partial charge in [-0.2, -0.15) is 4.31 Å². The lowest BCUT2D eigenvalue weighted by atomic mass is 10.4. The van der Waals surface area contributed by atoms with Crippen LogP contribution in [0.25, 0.3) is 0 Å². The first-order valence-electron chi connectivity index (χ1n) is 5.98. The van der Waals surface area contributed by atoms with Gasteiger partial charge in [-0.15, -0.1) is 0 Å².